The van der Waals surface area contributed by atoms with Gasteiger partial charge in [-0.05, 0) is 46.0 Å². The Labute approximate surface area is 161 Å². The van der Waals surface area contributed by atoms with E-state index in [4.69, 9.17) is 4.74 Å². The highest BCUT2D eigenvalue weighted by molar-refractivity contribution is 6.22. The van der Waals surface area contributed by atoms with E-state index in [1.54, 1.807) is 34.6 Å². The Hall–Kier alpha value is -1.98. The summed E-state index contributed by atoms with van der Waals surface area (Å²) in [6, 6.07) is 0. The van der Waals surface area contributed by atoms with Crippen LogP contribution in [0.25, 0.3) is 0 Å². The molecule has 0 aromatic heterocycles. The third-order valence-corrected chi connectivity index (χ3v) is 4.61. The molecule has 2 atom stereocenters. The summed E-state index contributed by atoms with van der Waals surface area (Å²) in [7, 11) is 0. The van der Waals surface area contributed by atoms with Crippen LogP contribution in [-0.4, -0.2) is 34.2 Å². The maximum atomic E-state index is 12.4. The molecule has 1 aliphatic carbocycles. The average Bonchev–Trinajstić information content (AvgIpc) is 2.41. The summed E-state index contributed by atoms with van der Waals surface area (Å²) < 4.78 is 5.31. The maximum absolute atomic E-state index is 12.4. The predicted molar refractivity (Wildman–Crippen MR) is 101 cm³/mol. The van der Waals surface area contributed by atoms with Gasteiger partial charge >= 0.3 is 11.9 Å². The van der Waals surface area contributed by atoms with Gasteiger partial charge in [0.05, 0.1) is 17.4 Å². The van der Waals surface area contributed by atoms with E-state index in [-0.39, 0.29) is 48.2 Å². The van der Waals surface area contributed by atoms with Crippen molar-refractivity contribution in [3.8, 4) is 0 Å². The van der Waals surface area contributed by atoms with Crippen molar-refractivity contribution in [2.75, 3.05) is 0 Å². The van der Waals surface area contributed by atoms with Crippen LogP contribution in [0.2, 0.25) is 0 Å². The van der Waals surface area contributed by atoms with Gasteiger partial charge in [0.2, 0.25) is 0 Å². The minimum absolute atomic E-state index is 0.0652. The van der Waals surface area contributed by atoms with Crippen LogP contribution >= 0.6 is 0 Å². The number of carboxylic acids is 1. The molecular formula is C21H32O6. The van der Waals surface area contributed by atoms with Crippen molar-refractivity contribution in [3.63, 3.8) is 0 Å². The van der Waals surface area contributed by atoms with E-state index in [0.29, 0.717) is 5.57 Å². The lowest BCUT2D eigenvalue weighted by molar-refractivity contribution is -0.160. The van der Waals surface area contributed by atoms with E-state index in [9.17, 15) is 24.3 Å². The van der Waals surface area contributed by atoms with Crippen LogP contribution in [0.1, 0.15) is 74.1 Å². The lowest BCUT2D eigenvalue weighted by atomic mass is 9.72. The second kappa shape index (κ2) is 8.36. The molecule has 0 aromatic carbocycles. The van der Waals surface area contributed by atoms with Gasteiger partial charge in [-0.15, -0.1) is 0 Å². The lowest BCUT2D eigenvalue weighted by Gasteiger charge is -2.30. The summed E-state index contributed by atoms with van der Waals surface area (Å²) in [5, 5.41) is 9.55. The highest BCUT2D eigenvalue weighted by Crippen LogP contribution is 2.36. The second-order valence-electron chi connectivity index (χ2n) is 9.43. The van der Waals surface area contributed by atoms with Crippen LogP contribution in [0.15, 0.2) is 11.1 Å². The van der Waals surface area contributed by atoms with Crippen molar-refractivity contribution >= 4 is 23.5 Å². The zero-order valence-electron chi connectivity index (χ0n) is 17.5. The normalized spacial score (nSPS) is 19.4. The molecule has 152 valence electrons. The van der Waals surface area contributed by atoms with Crippen molar-refractivity contribution in [2.45, 2.75) is 79.8 Å². The van der Waals surface area contributed by atoms with E-state index in [0.717, 1.165) is 0 Å². The van der Waals surface area contributed by atoms with Gasteiger partial charge < -0.3 is 9.84 Å². The highest BCUT2D eigenvalue weighted by Gasteiger charge is 2.37. The number of carboxylic acid groups (broad SMARTS) is 1. The number of aliphatic carboxylic acids is 1. The monoisotopic (exact) mass is 380 g/mol. The molecule has 0 spiro atoms. The molecule has 27 heavy (non-hydrogen) atoms. The van der Waals surface area contributed by atoms with Crippen LogP contribution < -0.4 is 0 Å². The first kappa shape index (κ1) is 23.1. The van der Waals surface area contributed by atoms with Crippen molar-refractivity contribution < 1.29 is 29.0 Å². The molecule has 1 aliphatic rings. The number of hydrogen-bond acceptors (Lipinski definition) is 5. The Morgan fingerprint density at radius 3 is 2.04 bits per heavy atom. The highest BCUT2D eigenvalue weighted by atomic mass is 16.6. The first-order chi connectivity index (χ1) is 12.1. The third-order valence-electron chi connectivity index (χ3n) is 4.61. The number of allylic oxidation sites excluding steroid dienone is 2. The minimum atomic E-state index is -1.05. The number of ketones is 2. The topological polar surface area (TPSA) is 97.7 Å². The molecule has 0 bridgehead atoms. The molecule has 6 heteroatoms. The number of ether oxygens (including phenoxy) is 1. The zero-order chi connectivity index (χ0) is 21.2. The van der Waals surface area contributed by atoms with Gasteiger partial charge in [0, 0.05) is 12.8 Å². The fraction of sp³-hybridized carbons (Fsp3) is 0.714. The summed E-state index contributed by atoms with van der Waals surface area (Å²) in [5.74, 6) is -3.42. The van der Waals surface area contributed by atoms with Crippen molar-refractivity contribution in [1.29, 1.82) is 0 Å². The number of carbonyl (C=O) groups is 4. The molecule has 1 unspecified atom stereocenters. The van der Waals surface area contributed by atoms with E-state index in [1.807, 2.05) is 13.8 Å². The number of Topliss-reactive ketones (excluding diaryl/α,β-unsaturated/α-hetero) is 2. The molecule has 0 aromatic rings. The molecule has 0 amide bonds. The Morgan fingerprint density at radius 1 is 1.15 bits per heavy atom. The maximum Gasteiger partial charge on any atom is 0.309 e. The van der Waals surface area contributed by atoms with Crippen LogP contribution in [0.4, 0.5) is 0 Å². The summed E-state index contributed by atoms with van der Waals surface area (Å²) in [6.45, 7) is 12.3. The molecule has 0 saturated heterocycles. The van der Waals surface area contributed by atoms with Gasteiger partial charge in [0.15, 0.2) is 11.6 Å². The summed E-state index contributed by atoms with van der Waals surface area (Å²) in [4.78, 5) is 48.6. The molecular weight excluding hydrogens is 348 g/mol. The average molecular weight is 380 g/mol. The van der Waals surface area contributed by atoms with Gasteiger partial charge in [-0.1, -0.05) is 26.3 Å². The zero-order valence-corrected chi connectivity index (χ0v) is 17.5. The van der Waals surface area contributed by atoms with Crippen molar-refractivity contribution in [2.24, 2.45) is 17.3 Å². The fourth-order valence-corrected chi connectivity index (χ4v) is 3.41. The summed E-state index contributed by atoms with van der Waals surface area (Å²) in [6.07, 6.45) is 0.702. The molecule has 6 nitrogen and oxygen atoms in total. The molecule has 1 rings (SSSR count). The first-order valence-corrected chi connectivity index (χ1v) is 9.35. The molecule has 1 N–H and O–H groups in total. The van der Waals surface area contributed by atoms with Gasteiger partial charge in [-0.2, -0.15) is 0 Å². The SMILES string of the molecule is CC(C[C@@H](CC(C)C(=O)OC(C)(C)C)C(=O)O)=C1C(=O)CC(C)(C)CC1=O. The van der Waals surface area contributed by atoms with Gasteiger partial charge in [0.1, 0.15) is 5.60 Å². The largest absolute Gasteiger partial charge is 0.481 e. The molecule has 0 aliphatic heterocycles. The van der Waals surface area contributed by atoms with Gasteiger partial charge in [-0.3, -0.25) is 19.2 Å². The minimum Gasteiger partial charge on any atom is -0.481 e. The van der Waals surface area contributed by atoms with Crippen LogP contribution in [0.5, 0.6) is 0 Å². The molecule has 1 saturated carbocycles. The van der Waals surface area contributed by atoms with E-state index >= 15 is 0 Å². The van der Waals surface area contributed by atoms with E-state index in [1.165, 1.54) is 0 Å². The van der Waals surface area contributed by atoms with Crippen LogP contribution in [0, 0.1) is 17.3 Å². The van der Waals surface area contributed by atoms with E-state index in [2.05, 4.69) is 0 Å². The summed E-state index contributed by atoms with van der Waals surface area (Å²) >= 11 is 0. The lowest BCUT2D eigenvalue weighted by Crippen LogP contribution is -2.33. The molecule has 0 heterocycles. The van der Waals surface area contributed by atoms with E-state index < -0.39 is 29.4 Å². The summed E-state index contributed by atoms with van der Waals surface area (Å²) in [5.41, 5.74) is -0.375. The standard InChI is InChI=1S/C21H32O6/c1-12(17-15(22)10-21(6,7)11-16(17)23)8-14(18(24)25)9-13(2)19(26)27-20(3,4)5/h13-14H,8-11H2,1-7H3,(H,24,25)/t13?,14-/m0/s1. The molecule has 1 fully saturated rings. The number of carbonyl (C=O) groups excluding carboxylic acids is 3. The Bertz CT molecular complexity index is 641. The van der Waals surface area contributed by atoms with Gasteiger partial charge in [0.25, 0.3) is 0 Å². The third kappa shape index (κ3) is 6.92. The fourth-order valence-electron chi connectivity index (χ4n) is 3.41. The Morgan fingerprint density at radius 2 is 1.63 bits per heavy atom. The quantitative estimate of drug-likeness (QED) is 0.428. The van der Waals surface area contributed by atoms with Crippen LogP contribution in [0.3, 0.4) is 0 Å². The predicted octanol–water partition coefficient (Wildman–Crippen LogP) is 3.72. The van der Waals surface area contributed by atoms with Crippen molar-refractivity contribution in [1.82, 2.24) is 0 Å². The van der Waals surface area contributed by atoms with Gasteiger partial charge in [-0.25, -0.2) is 0 Å². The second-order valence-corrected chi connectivity index (χ2v) is 9.43. The Kier molecular flexibility index (Phi) is 7.14. The first-order valence-electron chi connectivity index (χ1n) is 9.35. The number of hydrogen-bond donors (Lipinski definition) is 1. The van der Waals surface area contributed by atoms with Crippen LogP contribution in [-0.2, 0) is 23.9 Å². The van der Waals surface area contributed by atoms with Crippen molar-refractivity contribution in [3.05, 3.63) is 11.1 Å². The number of esters is 1. The smallest absolute Gasteiger partial charge is 0.309 e. The number of rotatable bonds is 6. The molecule has 0 radical (unpaired) electrons. The Balaban J connectivity index is 2.94.